The summed E-state index contributed by atoms with van der Waals surface area (Å²) in [6.45, 7) is 14.2. The van der Waals surface area contributed by atoms with Gasteiger partial charge in [-0.25, -0.2) is 0 Å². The number of likely N-dealkylation sites (tertiary alicyclic amines) is 2. The third-order valence-electron chi connectivity index (χ3n) is 6.70. The summed E-state index contributed by atoms with van der Waals surface area (Å²) >= 11 is 0. The Balaban J connectivity index is 1.14. The largest absolute Gasteiger partial charge is 0.304 e. The Labute approximate surface area is 136 Å². The summed E-state index contributed by atoms with van der Waals surface area (Å²) in [6, 6.07) is 1.73. The van der Waals surface area contributed by atoms with Gasteiger partial charge < -0.3 is 4.90 Å². The molecule has 4 nitrogen and oxygen atoms in total. The van der Waals surface area contributed by atoms with Crippen molar-refractivity contribution in [2.45, 2.75) is 44.7 Å². The van der Waals surface area contributed by atoms with Crippen LogP contribution in [-0.4, -0.2) is 97.6 Å². The SMILES string of the molecule is CCCC1(CN2CC(N3CC(N4CCN(C)CC4)C3)C2)CC1. The highest BCUT2D eigenvalue weighted by molar-refractivity contribution is 5.02. The van der Waals surface area contributed by atoms with Gasteiger partial charge in [0.05, 0.1) is 0 Å². The van der Waals surface area contributed by atoms with Crippen LogP contribution in [0.2, 0.25) is 0 Å². The lowest BCUT2D eigenvalue weighted by Gasteiger charge is -2.55. The zero-order valence-corrected chi connectivity index (χ0v) is 14.6. The maximum atomic E-state index is 2.75. The number of hydrogen-bond acceptors (Lipinski definition) is 4. The van der Waals surface area contributed by atoms with Gasteiger partial charge in [0.15, 0.2) is 0 Å². The molecule has 0 aromatic carbocycles. The second-order valence-corrected chi connectivity index (χ2v) is 8.54. The van der Waals surface area contributed by atoms with E-state index in [0.29, 0.717) is 0 Å². The Morgan fingerprint density at radius 1 is 0.864 bits per heavy atom. The topological polar surface area (TPSA) is 13.0 Å². The third kappa shape index (κ3) is 3.08. The highest BCUT2D eigenvalue weighted by Crippen LogP contribution is 2.50. The first kappa shape index (κ1) is 15.4. The summed E-state index contributed by atoms with van der Waals surface area (Å²) in [5.41, 5.74) is 0.747. The van der Waals surface area contributed by atoms with E-state index in [2.05, 4.69) is 33.6 Å². The van der Waals surface area contributed by atoms with Crippen molar-refractivity contribution in [3.8, 4) is 0 Å². The van der Waals surface area contributed by atoms with Gasteiger partial charge in [-0.15, -0.1) is 0 Å². The number of rotatable bonds is 6. The van der Waals surface area contributed by atoms with E-state index >= 15 is 0 Å². The van der Waals surface area contributed by atoms with Crippen molar-refractivity contribution >= 4 is 0 Å². The lowest BCUT2D eigenvalue weighted by atomic mass is 9.94. The first-order chi connectivity index (χ1) is 10.7. The molecule has 0 N–H and O–H groups in total. The van der Waals surface area contributed by atoms with Crippen molar-refractivity contribution < 1.29 is 0 Å². The third-order valence-corrected chi connectivity index (χ3v) is 6.70. The molecule has 0 aromatic rings. The van der Waals surface area contributed by atoms with Gasteiger partial charge >= 0.3 is 0 Å². The van der Waals surface area contributed by atoms with E-state index in [1.807, 2.05) is 0 Å². The minimum atomic E-state index is 0.747. The maximum absolute atomic E-state index is 2.75. The Kier molecular flexibility index (Phi) is 4.22. The van der Waals surface area contributed by atoms with Gasteiger partial charge in [0.2, 0.25) is 0 Å². The highest BCUT2D eigenvalue weighted by atomic mass is 15.4. The van der Waals surface area contributed by atoms with Crippen molar-refractivity contribution in [2.75, 3.05) is 66.0 Å². The zero-order chi connectivity index (χ0) is 15.2. The Morgan fingerprint density at radius 2 is 1.50 bits per heavy atom. The highest BCUT2D eigenvalue weighted by Gasteiger charge is 2.47. The van der Waals surface area contributed by atoms with Crippen LogP contribution >= 0.6 is 0 Å². The lowest BCUT2D eigenvalue weighted by Crippen LogP contribution is -2.70. The molecular formula is C18H34N4. The molecule has 0 aromatic heterocycles. The molecule has 22 heavy (non-hydrogen) atoms. The number of nitrogens with zero attached hydrogens (tertiary/aromatic N) is 4. The van der Waals surface area contributed by atoms with Crippen LogP contribution < -0.4 is 0 Å². The average Bonchev–Trinajstić information content (AvgIpc) is 3.16. The van der Waals surface area contributed by atoms with Crippen molar-refractivity contribution in [1.82, 2.24) is 19.6 Å². The van der Waals surface area contributed by atoms with E-state index in [1.54, 1.807) is 0 Å². The minimum Gasteiger partial charge on any atom is -0.304 e. The fourth-order valence-corrected chi connectivity index (χ4v) is 4.78. The van der Waals surface area contributed by atoms with Crippen LogP contribution in [0.4, 0.5) is 0 Å². The minimum absolute atomic E-state index is 0.747. The van der Waals surface area contributed by atoms with Crippen LogP contribution in [0.1, 0.15) is 32.6 Å². The molecule has 0 unspecified atom stereocenters. The first-order valence-electron chi connectivity index (χ1n) is 9.56. The van der Waals surface area contributed by atoms with Gasteiger partial charge in [-0.2, -0.15) is 0 Å². The quantitative estimate of drug-likeness (QED) is 0.730. The molecule has 3 saturated heterocycles. The van der Waals surface area contributed by atoms with E-state index < -0.39 is 0 Å². The van der Waals surface area contributed by atoms with Gasteiger partial charge in [0, 0.05) is 71.0 Å². The van der Waals surface area contributed by atoms with Crippen LogP contribution in [-0.2, 0) is 0 Å². The monoisotopic (exact) mass is 306 g/mol. The first-order valence-corrected chi connectivity index (χ1v) is 9.56. The summed E-state index contributed by atoms with van der Waals surface area (Å²) in [6.07, 6.45) is 5.83. The summed E-state index contributed by atoms with van der Waals surface area (Å²) in [7, 11) is 2.25. The van der Waals surface area contributed by atoms with Crippen molar-refractivity contribution in [2.24, 2.45) is 5.41 Å². The molecule has 4 rings (SSSR count). The second kappa shape index (κ2) is 6.04. The number of hydrogen-bond donors (Lipinski definition) is 0. The van der Waals surface area contributed by atoms with Crippen molar-refractivity contribution in [3.63, 3.8) is 0 Å². The van der Waals surface area contributed by atoms with Crippen molar-refractivity contribution in [3.05, 3.63) is 0 Å². The Hall–Kier alpha value is -0.160. The van der Waals surface area contributed by atoms with Crippen LogP contribution in [0.25, 0.3) is 0 Å². The van der Waals surface area contributed by atoms with Crippen LogP contribution in [0.3, 0.4) is 0 Å². The van der Waals surface area contributed by atoms with Gasteiger partial charge in [0.25, 0.3) is 0 Å². The molecule has 126 valence electrons. The Bertz CT molecular complexity index is 375. The number of likely N-dealkylation sites (N-methyl/N-ethyl adjacent to an activating group) is 1. The van der Waals surface area contributed by atoms with E-state index in [1.165, 1.54) is 84.6 Å². The van der Waals surface area contributed by atoms with Crippen LogP contribution in [0, 0.1) is 5.41 Å². The molecule has 4 aliphatic rings. The molecule has 1 aliphatic carbocycles. The summed E-state index contributed by atoms with van der Waals surface area (Å²) in [5.74, 6) is 0. The zero-order valence-electron chi connectivity index (χ0n) is 14.6. The lowest BCUT2D eigenvalue weighted by molar-refractivity contribution is -0.0629. The maximum Gasteiger partial charge on any atom is 0.0351 e. The predicted molar refractivity (Wildman–Crippen MR) is 91.2 cm³/mol. The van der Waals surface area contributed by atoms with Gasteiger partial charge in [-0.1, -0.05) is 13.3 Å². The molecule has 1 saturated carbocycles. The van der Waals surface area contributed by atoms with E-state index in [9.17, 15) is 0 Å². The standard InChI is InChI=1S/C18H34N4/c1-3-4-18(5-6-18)15-20-11-16(12-20)22-13-17(14-22)21-9-7-19(2)8-10-21/h16-17H,3-15H2,1-2H3. The second-order valence-electron chi connectivity index (χ2n) is 8.54. The van der Waals surface area contributed by atoms with E-state index in [0.717, 1.165) is 17.5 Å². The molecule has 4 fully saturated rings. The summed E-state index contributed by atoms with van der Waals surface area (Å²) < 4.78 is 0. The Morgan fingerprint density at radius 3 is 2.09 bits per heavy atom. The average molecular weight is 306 g/mol. The molecule has 0 atom stereocenters. The van der Waals surface area contributed by atoms with E-state index in [-0.39, 0.29) is 0 Å². The van der Waals surface area contributed by atoms with Crippen molar-refractivity contribution in [1.29, 1.82) is 0 Å². The molecular weight excluding hydrogens is 272 g/mol. The predicted octanol–water partition coefficient (Wildman–Crippen LogP) is 1.18. The summed E-state index contributed by atoms with van der Waals surface area (Å²) in [4.78, 5) is 10.7. The van der Waals surface area contributed by atoms with Crippen LogP contribution in [0.15, 0.2) is 0 Å². The molecule has 3 aliphatic heterocycles. The molecule has 4 heteroatoms. The normalized spacial score (nSPS) is 31.9. The van der Waals surface area contributed by atoms with E-state index in [4.69, 9.17) is 0 Å². The van der Waals surface area contributed by atoms with Gasteiger partial charge in [0.1, 0.15) is 0 Å². The molecule has 0 radical (unpaired) electrons. The number of piperazine rings is 1. The summed E-state index contributed by atoms with van der Waals surface area (Å²) in [5, 5.41) is 0. The molecule has 0 bridgehead atoms. The molecule has 0 spiro atoms. The molecule has 3 heterocycles. The fraction of sp³-hybridized carbons (Fsp3) is 1.00. The van der Waals surface area contributed by atoms with Gasteiger partial charge in [-0.05, 0) is 31.7 Å². The fourth-order valence-electron chi connectivity index (χ4n) is 4.78. The van der Waals surface area contributed by atoms with Crippen LogP contribution in [0.5, 0.6) is 0 Å². The van der Waals surface area contributed by atoms with Gasteiger partial charge in [-0.3, -0.25) is 14.7 Å². The molecule has 0 amide bonds. The smallest absolute Gasteiger partial charge is 0.0351 e.